The molecule has 4 radical (unpaired) electrons. The highest BCUT2D eigenvalue weighted by atomic mass is 32.4. The molecule has 10 heterocycles. The number of nitrogens with two attached hydrogens (primary N) is 2. The van der Waals surface area contributed by atoms with Gasteiger partial charge in [-0.15, -0.1) is 20.4 Å². The number of benzene rings is 3. The van der Waals surface area contributed by atoms with E-state index in [9.17, 15) is 14.4 Å². The van der Waals surface area contributed by atoms with E-state index in [1.54, 1.807) is 97.8 Å². The summed E-state index contributed by atoms with van der Waals surface area (Å²) < 4.78 is 10.7. The normalized spacial score (nSPS) is 20.7. The topological polar surface area (TPSA) is 416 Å². The zero-order valence-electron chi connectivity index (χ0n) is 62.6. The predicted octanol–water partition coefficient (Wildman–Crippen LogP) is 14.2. The molecule has 3 fully saturated rings. The molecular weight excluding hydrogens is 1550 g/mol. The Morgan fingerprint density at radius 2 is 0.795 bits per heavy atom. The summed E-state index contributed by atoms with van der Waals surface area (Å²) in [6, 6.07) is 60.0. The van der Waals surface area contributed by atoms with Crippen LogP contribution < -0.4 is 42.2 Å². The summed E-state index contributed by atoms with van der Waals surface area (Å²) in [5, 5.41) is 67.3. The molecule has 6 aliphatic rings. The van der Waals surface area contributed by atoms with Crippen LogP contribution in [0, 0.1) is 34.5 Å². The first-order chi connectivity index (χ1) is 56.4. The molecule has 0 spiro atoms. The summed E-state index contributed by atoms with van der Waals surface area (Å²) in [6.07, 6.45) is 25.3. The number of carbonyl (C=O) groups is 3. The van der Waals surface area contributed by atoms with E-state index in [4.69, 9.17) is 36.8 Å². The van der Waals surface area contributed by atoms with Crippen molar-refractivity contribution in [3.8, 4) is 40.3 Å². The Hall–Kier alpha value is -12.0. The molecule has 0 bridgehead atoms. The molecule has 117 heavy (non-hydrogen) atoms. The third kappa shape index (κ3) is 28.5. The van der Waals surface area contributed by atoms with Gasteiger partial charge in [-0.2, -0.15) is 20.4 Å². The molecular formula is C83H92B2N22O6P2S2. The second-order valence-electron chi connectivity index (χ2n) is 26.2. The number of nitrogens with zero attached hydrogens (tertiary/aromatic N) is 16. The molecule has 1 saturated heterocycles. The minimum atomic E-state index is -0.514. The van der Waals surface area contributed by atoms with E-state index in [1.165, 1.54) is 0 Å². The standard InChI is InChI=1S/C27H28N6O2.C21H22N6O.C15H20N2O2.C12H8N6.C6H6O.2CH4.2BPS.N2/c28-24-20(31-27(34)35-18-10-2-1-3-11-18)13-5-4-12-19-23(24)26(22-15-7-9-17-30-22)33-32-25(19)21-14-6-8-16-29-21;28-21-24-16-10-2-1-7-13-17(19(16)25-21)20(15-9-4-6-12-23-15)27-26-18(13)14-8-3-5-11-22-14;16-13-10-6-1-2-7-11-14(13)17-15(18)19-12-8-4-3-5-9-12;1-3-7-13-9(5-1)11-15-17-12(18-16-11)10-6-2-4-8-14-10;7-6-4-2-1-3-5-6;;;2*1-2-3;1-2/h1-3,6-11,14-17,19-20,23-24H,4-5,12-13,28H2,(H,31,34);3-6,8-9,11-13,16-17,19H,1-2,7,10H2,(H2,24,25,28);3-6,8-10,13-14H,1-2,7,11,16H2,(H,17,18);1-8H;1-5,7H;2*1H4;;;/b;;10-6+;;;;;;;. The fraction of sp³-hybridized carbons (Fsp3) is 0.289. The number of pyridine rings is 6. The lowest BCUT2D eigenvalue weighted by Crippen LogP contribution is -2.57. The Bertz CT molecular complexity index is 4740. The average molecular weight is 1640 g/mol. The monoisotopic (exact) mass is 1640 g/mol. The molecule has 9 N–H and O–H groups in total. The molecule has 2 saturated carbocycles. The first kappa shape index (κ1) is 92.2. The third-order valence-electron chi connectivity index (χ3n) is 18.8. The van der Waals surface area contributed by atoms with Crippen molar-refractivity contribution < 1.29 is 29.0 Å². The van der Waals surface area contributed by atoms with Crippen molar-refractivity contribution in [3.63, 3.8) is 0 Å². The van der Waals surface area contributed by atoms with E-state index in [0.29, 0.717) is 54.8 Å². The maximum absolute atomic E-state index is 12.8. The maximum atomic E-state index is 12.8. The van der Waals surface area contributed by atoms with Gasteiger partial charge >= 0.3 is 18.2 Å². The van der Waals surface area contributed by atoms with Crippen LogP contribution in [0.1, 0.15) is 115 Å². The van der Waals surface area contributed by atoms with Gasteiger partial charge in [0, 0.05) is 89.8 Å². The van der Waals surface area contributed by atoms with E-state index in [1.807, 2.05) is 146 Å². The van der Waals surface area contributed by atoms with Gasteiger partial charge in [0.15, 0.2) is 15.1 Å². The van der Waals surface area contributed by atoms with Crippen molar-refractivity contribution in [1.29, 1.82) is 10.8 Å². The van der Waals surface area contributed by atoms with Gasteiger partial charge in [-0.25, -0.2) is 14.4 Å². The number of amides is 4. The van der Waals surface area contributed by atoms with Gasteiger partial charge in [-0.05, 0) is 154 Å². The minimum absolute atomic E-state index is 0. The molecule has 16 rings (SSSR count). The van der Waals surface area contributed by atoms with Gasteiger partial charge in [0.25, 0.3) is 0 Å². The molecule has 4 amide bonds. The number of carbonyl (C=O) groups excluding carboxylic acids is 3. The number of allylic oxidation sites excluding steroid dienone is 1. The van der Waals surface area contributed by atoms with Gasteiger partial charge in [0.05, 0.1) is 63.7 Å². The highest BCUT2D eigenvalue weighted by molar-refractivity contribution is 8.07. The van der Waals surface area contributed by atoms with Crippen molar-refractivity contribution in [2.24, 2.45) is 55.5 Å². The van der Waals surface area contributed by atoms with Crippen molar-refractivity contribution in [2.75, 3.05) is 0 Å². The van der Waals surface area contributed by atoms with E-state index in [0.717, 1.165) is 123 Å². The SMILES string of the molecule is C.C.N#N.NC1/C=C/CCCCC1NC(=O)Oc1ccccc1.NC1C(NC(=O)Oc2ccccc2)CCCCC2C(c3ccccn3)=NN=C(c3ccccn3)C21.O=C1NC2CCCCC3C(c4ccccn4)=NN=C(c4ccccn4)C3C2N1.Oc1ccccc1.[B]P=S.[B]P=S.c1ccc(-c2nnc(-c3ccccn3)nn2)nc1. The summed E-state index contributed by atoms with van der Waals surface area (Å²) in [5.41, 5.74) is 20.8. The molecule has 10 unspecified atom stereocenters. The minimum Gasteiger partial charge on any atom is -0.508 e. The molecule has 598 valence electrons. The molecule has 3 aromatic carbocycles. The van der Waals surface area contributed by atoms with Gasteiger partial charge in [-0.1, -0.05) is 188 Å². The van der Waals surface area contributed by atoms with Crippen LogP contribution in [0.5, 0.6) is 17.2 Å². The average Bonchev–Trinajstić information content (AvgIpc) is 1.75. The fourth-order valence-electron chi connectivity index (χ4n) is 13.7. The molecule has 10 atom stereocenters. The van der Waals surface area contributed by atoms with E-state index >= 15 is 0 Å². The lowest BCUT2D eigenvalue weighted by molar-refractivity contribution is 0.186. The fourth-order valence-corrected chi connectivity index (χ4v) is 13.7. The molecule has 7 aromatic heterocycles. The number of fused-ring (bicyclic) bond motifs is 4. The summed E-state index contributed by atoms with van der Waals surface area (Å²) in [7, 11) is 10.3. The highest BCUT2D eigenvalue weighted by Crippen LogP contribution is 2.39. The van der Waals surface area contributed by atoms with Crippen molar-refractivity contribution >= 4 is 94.3 Å². The van der Waals surface area contributed by atoms with Crippen LogP contribution in [-0.4, -0.2) is 148 Å². The number of ether oxygens (including phenoxy) is 2. The smallest absolute Gasteiger partial charge is 0.412 e. The lowest BCUT2D eigenvalue weighted by atomic mass is 9.70. The van der Waals surface area contributed by atoms with Crippen LogP contribution in [0.4, 0.5) is 14.4 Å². The molecule has 28 nitrogen and oxygen atoms in total. The second kappa shape index (κ2) is 51.1. The van der Waals surface area contributed by atoms with Crippen LogP contribution in [0.15, 0.2) is 270 Å². The summed E-state index contributed by atoms with van der Waals surface area (Å²) >= 11 is 8.29. The van der Waals surface area contributed by atoms with Gasteiger partial charge < -0.3 is 47.3 Å². The Morgan fingerprint density at radius 3 is 1.21 bits per heavy atom. The Morgan fingerprint density at radius 1 is 0.453 bits per heavy atom. The van der Waals surface area contributed by atoms with Crippen molar-refractivity contribution in [2.45, 2.75) is 128 Å². The third-order valence-corrected chi connectivity index (χ3v) is 18.8. The summed E-state index contributed by atoms with van der Waals surface area (Å²) in [6.45, 7) is 0. The predicted molar refractivity (Wildman–Crippen MR) is 465 cm³/mol. The highest BCUT2D eigenvalue weighted by Gasteiger charge is 2.48. The van der Waals surface area contributed by atoms with Crippen LogP contribution in [0.3, 0.4) is 0 Å². The number of para-hydroxylation sites is 3. The maximum Gasteiger partial charge on any atom is 0.412 e. The number of aromatic nitrogens is 10. The number of rotatable bonds is 10. The largest absolute Gasteiger partial charge is 0.508 e. The quantitative estimate of drug-likeness (QED) is 0.0289. The molecule has 3 aliphatic heterocycles. The van der Waals surface area contributed by atoms with Crippen molar-refractivity contribution in [1.82, 2.24) is 71.6 Å². The molecule has 3 aliphatic carbocycles. The first-order valence-electron chi connectivity index (χ1n) is 37.1. The first-order valence-corrected chi connectivity index (χ1v) is 41.1. The van der Waals surface area contributed by atoms with Gasteiger partial charge in [-0.3, -0.25) is 29.9 Å². The zero-order chi connectivity index (χ0) is 81.2. The Balaban J connectivity index is 0.000000207. The number of hydrogen-bond donors (Lipinski definition) is 7. The van der Waals surface area contributed by atoms with E-state index in [2.05, 4.69) is 137 Å². The summed E-state index contributed by atoms with van der Waals surface area (Å²) in [5.74, 6) is 2.10. The number of hydrogen-bond acceptors (Lipinski definition) is 26. The number of aromatic hydroxyl groups is 1. The number of phenolic OH excluding ortho intramolecular Hbond substituents is 1. The number of nitrogens with one attached hydrogen (secondary N) is 4. The van der Waals surface area contributed by atoms with Crippen LogP contribution >= 0.6 is 14.5 Å². The lowest BCUT2D eigenvalue weighted by Gasteiger charge is -2.40. The van der Waals surface area contributed by atoms with Crippen molar-refractivity contribution in [3.05, 3.63) is 272 Å². The van der Waals surface area contributed by atoms with Gasteiger partial charge in [0.1, 0.15) is 28.6 Å². The summed E-state index contributed by atoms with van der Waals surface area (Å²) in [4.78, 5) is 63.1. The van der Waals surface area contributed by atoms with Crippen LogP contribution in [0.25, 0.3) is 23.0 Å². The molecule has 10 aromatic rings. The Kier molecular flexibility index (Phi) is 40.3. The zero-order valence-corrected chi connectivity index (χ0v) is 66.0. The van der Waals surface area contributed by atoms with Crippen LogP contribution in [-0.2, 0) is 23.6 Å². The van der Waals surface area contributed by atoms with E-state index < -0.39 is 18.2 Å². The van der Waals surface area contributed by atoms with Crippen LogP contribution in [0.2, 0.25) is 0 Å². The molecule has 34 heteroatoms. The second-order valence-corrected chi connectivity index (χ2v) is 27.9. The Labute approximate surface area is 697 Å². The number of phenols is 1. The van der Waals surface area contributed by atoms with E-state index in [-0.39, 0.29) is 74.8 Å². The van der Waals surface area contributed by atoms with Gasteiger partial charge in [0.2, 0.25) is 11.6 Å². The number of urea groups is 1.